The van der Waals surface area contributed by atoms with Crippen LogP contribution in [0.4, 0.5) is 30.8 Å². The third kappa shape index (κ3) is 5.75. The van der Waals surface area contributed by atoms with E-state index in [1.54, 1.807) is 17.2 Å². The predicted molar refractivity (Wildman–Crippen MR) is 120 cm³/mol. The summed E-state index contributed by atoms with van der Waals surface area (Å²) in [7, 11) is 0. The minimum Gasteiger partial charge on any atom is -0.481 e. The van der Waals surface area contributed by atoms with Crippen LogP contribution >= 0.6 is 0 Å². The first kappa shape index (κ1) is 24.6. The minimum absolute atomic E-state index is 0.0464. The van der Waals surface area contributed by atoms with E-state index in [4.69, 9.17) is 9.72 Å². The molecule has 11 nitrogen and oxygen atoms in total. The van der Waals surface area contributed by atoms with Crippen LogP contribution in [-0.2, 0) is 16.1 Å². The molecule has 0 amide bonds. The molecule has 35 heavy (non-hydrogen) atoms. The lowest BCUT2D eigenvalue weighted by atomic mass is 10.1. The van der Waals surface area contributed by atoms with Gasteiger partial charge in [0.15, 0.2) is 5.82 Å². The monoisotopic (exact) mass is 494 g/mol. The smallest absolute Gasteiger partial charge is 0.411 e. The van der Waals surface area contributed by atoms with E-state index in [1.165, 1.54) is 11.0 Å². The number of alkyl halides is 3. The third-order valence-electron chi connectivity index (χ3n) is 5.51. The quantitative estimate of drug-likeness (QED) is 0.428. The molecule has 188 valence electrons. The van der Waals surface area contributed by atoms with E-state index in [0.717, 1.165) is 0 Å². The van der Waals surface area contributed by atoms with Gasteiger partial charge in [0.1, 0.15) is 29.8 Å². The lowest BCUT2D eigenvalue weighted by Crippen LogP contribution is -2.25. The Labute approximate surface area is 198 Å². The number of hydrogen-bond acceptors (Lipinski definition) is 9. The van der Waals surface area contributed by atoms with Gasteiger partial charge in [0, 0.05) is 19.3 Å². The maximum absolute atomic E-state index is 12.5. The number of carboxylic acids is 1. The second-order valence-corrected chi connectivity index (χ2v) is 8.49. The molecule has 0 radical (unpaired) electrons. The van der Waals surface area contributed by atoms with E-state index in [0.29, 0.717) is 47.3 Å². The molecule has 0 bridgehead atoms. The maximum Gasteiger partial charge on any atom is 0.411 e. The molecule has 4 heterocycles. The van der Waals surface area contributed by atoms with Crippen LogP contribution in [0.3, 0.4) is 0 Å². The highest BCUT2D eigenvalue weighted by Crippen LogP contribution is 2.32. The lowest BCUT2D eigenvalue weighted by Gasteiger charge is -2.18. The highest BCUT2D eigenvalue weighted by atomic mass is 19.4. The highest BCUT2D eigenvalue weighted by Gasteiger charge is 2.31. The average Bonchev–Trinajstić information content (AvgIpc) is 3.43. The molecule has 1 aliphatic heterocycles. The van der Waals surface area contributed by atoms with Gasteiger partial charge in [0.05, 0.1) is 24.8 Å². The van der Waals surface area contributed by atoms with Crippen LogP contribution in [0, 0.1) is 5.92 Å². The Hall–Kier alpha value is -3.55. The second kappa shape index (κ2) is 9.98. The molecule has 1 fully saturated rings. The van der Waals surface area contributed by atoms with E-state index < -0.39 is 24.7 Å². The van der Waals surface area contributed by atoms with Crippen LogP contribution in [0.5, 0.6) is 0 Å². The number of carboxylic acid groups (broad SMARTS) is 1. The van der Waals surface area contributed by atoms with Gasteiger partial charge in [-0.3, -0.25) is 9.48 Å². The number of fused-ring (bicyclic) bond motifs is 1. The molecule has 3 aromatic heterocycles. The number of carbonyl (C=O) groups is 1. The fourth-order valence-electron chi connectivity index (χ4n) is 3.84. The van der Waals surface area contributed by atoms with Crippen LogP contribution in [-0.4, -0.2) is 73.3 Å². The zero-order chi connectivity index (χ0) is 25.2. The number of nitrogens with one attached hydrogen (secondary N) is 1. The zero-order valence-corrected chi connectivity index (χ0v) is 19.2. The Morgan fingerprint density at radius 2 is 2.14 bits per heavy atom. The van der Waals surface area contributed by atoms with Crippen LogP contribution in [0.25, 0.3) is 11.0 Å². The van der Waals surface area contributed by atoms with Crippen molar-refractivity contribution in [2.75, 3.05) is 36.5 Å². The number of nitrogens with zero attached hydrogens (tertiary/aromatic N) is 7. The Morgan fingerprint density at radius 1 is 1.34 bits per heavy atom. The summed E-state index contributed by atoms with van der Waals surface area (Å²) in [6.07, 6.45) is -1.04. The lowest BCUT2D eigenvalue weighted by molar-refractivity contribution is -0.174. The molecule has 0 unspecified atom stereocenters. The molecule has 3 aromatic rings. The number of halogens is 3. The van der Waals surface area contributed by atoms with Gasteiger partial charge < -0.3 is 20.1 Å². The third-order valence-corrected chi connectivity index (χ3v) is 5.51. The number of ether oxygens (including phenoxy) is 1. The Kier molecular flexibility index (Phi) is 7.00. The summed E-state index contributed by atoms with van der Waals surface area (Å²) in [6, 6.07) is 1.64. The molecule has 0 aromatic carbocycles. The number of aromatic nitrogens is 6. The van der Waals surface area contributed by atoms with Crippen molar-refractivity contribution in [1.82, 2.24) is 29.7 Å². The van der Waals surface area contributed by atoms with Crippen molar-refractivity contribution in [2.24, 2.45) is 5.92 Å². The Bertz CT molecular complexity index is 1190. The van der Waals surface area contributed by atoms with Crippen molar-refractivity contribution >= 4 is 34.6 Å². The normalized spacial score (nSPS) is 16.4. The average molecular weight is 494 g/mol. The van der Waals surface area contributed by atoms with E-state index >= 15 is 0 Å². The van der Waals surface area contributed by atoms with Gasteiger partial charge in [-0.05, 0) is 18.4 Å². The second-order valence-electron chi connectivity index (χ2n) is 8.49. The zero-order valence-electron chi connectivity index (χ0n) is 19.2. The molecule has 0 aliphatic carbocycles. The van der Waals surface area contributed by atoms with Crippen molar-refractivity contribution in [3.05, 3.63) is 24.3 Å². The minimum atomic E-state index is -4.42. The molecule has 0 saturated carbocycles. The maximum atomic E-state index is 12.5. The first-order valence-corrected chi connectivity index (χ1v) is 11.1. The van der Waals surface area contributed by atoms with E-state index in [1.807, 2.05) is 13.8 Å². The molecule has 0 spiro atoms. The molecule has 1 atom stereocenters. The van der Waals surface area contributed by atoms with E-state index in [9.17, 15) is 23.1 Å². The molecule has 14 heteroatoms. The summed E-state index contributed by atoms with van der Waals surface area (Å²) < 4.78 is 43.8. The summed E-state index contributed by atoms with van der Waals surface area (Å²) in [5.41, 5.74) is 1.65. The van der Waals surface area contributed by atoms with Crippen molar-refractivity contribution in [3.8, 4) is 0 Å². The molecule has 1 aliphatic rings. The van der Waals surface area contributed by atoms with Crippen molar-refractivity contribution in [2.45, 2.75) is 38.9 Å². The van der Waals surface area contributed by atoms with E-state index in [-0.39, 0.29) is 25.6 Å². The van der Waals surface area contributed by atoms with Gasteiger partial charge >= 0.3 is 12.1 Å². The molecular weight excluding hydrogens is 469 g/mol. The summed E-state index contributed by atoms with van der Waals surface area (Å²) in [5, 5.41) is 17.1. The highest BCUT2D eigenvalue weighted by molar-refractivity contribution is 5.90. The standard InChI is InChI=1S/C21H25F3N8O3/c1-12(2)15-16-17(32(30-15)7-8-35-10-21(22,23)24)18(27-14-3-5-25-11-26-14)29-20(28-16)31-6-4-13(9-31)19(33)34/h3,5,11-13H,4,6-10H2,1-2H3,(H,33,34)(H,25,26,27,28,29)/t13-/m0/s1. The fourth-order valence-corrected chi connectivity index (χ4v) is 3.84. The molecule has 2 N–H and O–H groups in total. The first-order valence-electron chi connectivity index (χ1n) is 11.1. The van der Waals surface area contributed by atoms with Gasteiger partial charge in [-0.25, -0.2) is 15.0 Å². The summed E-state index contributed by atoms with van der Waals surface area (Å²) >= 11 is 0. The predicted octanol–water partition coefficient (Wildman–Crippen LogP) is 2.97. The number of rotatable bonds is 9. The van der Waals surface area contributed by atoms with Gasteiger partial charge in [0.25, 0.3) is 0 Å². The van der Waals surface area contributed by atoms with Crippen LogP contribution in [0.2, 0.25) is 0 Å². The van der Waals surface area contributed by atoms with Gasteiger partial charge in [-0.2, -0.15) is 23.3 Å². The molecular formula is C21H25F3N8O3. The molecule has 4 rings (SSSR count). The van der Waals surface area contributed by atoms with Crippen molar-refractivity contribution in [3.63, 3.8) is 0 Å². The van der Waals surface area contributed by atoms with Crippen molar-refractivity contribution < 1.29 is 27.8 Å². The van der Waals surface area contributed by atoms with Crippen molar-refractivity contribution in [1.29, 1.82) is 0 Å². The van der Waals surface area contributed by atoms with Crippen LogP contribution in [0.15, 0.2) is 18.6 Å². The first-order chi connectivity index (χ1) is 16.6. The largest absolute Gasteiger partial charge is 0.481 e. The van der Waals surface area contributed by atoms with Gasteiger partial charge in [0.2, 0.25) is 5.95 Å². The topological polar surface area (TPSA) is 131 Å². The van der Waals surface area contributed by atoms with Gasteiger partial charge in [-0.15, -0.1) is 0 Å². The summed E-state index contributed by atoms with van der Waals surface area (Å²) in [4.78, 5) is 30.7. The number of anilines is 3. The Morgan fingerprint density at radius 3 is 2.77 bits per heavy atom. The Balaban J connectivity index is 1.75. The molecule has 1 saturated heterocycles. The summed E-state index contributed by atoms with van der Waals surface area (Å²) in [6.45, 7) is 3.09. The van der Waals surface area contributed by atoms with Crippen LogP contribution < -0.4 is 10.2 Å². The summed E-state index contributed by atoms with van der Waals surface area (Å²) in [5.74, 6) is -0.309. The van der Waals surface area contributed by atoms with E-state index in [2.05, 4.69) is 25.4 Å². The number of aliphatic carboxylic acids is 1. The number of hydrogen-bond donors (Lipinski definition) is 2. The SMILES string of the molecule is CC(C)c1nn(CCOCC(F)(F)F)c2c(Nc3ccncn3)nc(N3CC[C@H](C(=O)O)C3)nc12. The van der Waals surface area contributed by atoms with Gasteiger partial charge in [-0.1, -0.05) is 13.8 Å². The fraction of sp³-hybridized carbons (Fsp3) is 0.524. The van der Waals surface area contributed by atoms with Crippen LogP contribution in [0.1, 0.15) is 31.9 Å².